The molecule has 9 heteroatoms. The summed E-state index contributed by atoms with van der Waals surface area (Å²) in [5.41, 5.74) is 0.0695. The number of hydrogen-bond acceptors (Lipinski definition) is 6. The molecular formula is C19H25N3O5S. The first-order valence-corrected chi connectivity index (χ1v) is 10.5. The maximum Gasteiger partial charge on any atom is 0.353 e. The lowest BCUT2D eigenvalue weighted by atomic mass is 9.79. The van der Waals surface area contributed by atoms with Crippen molar-refractivity contribution in [2.75, 3.05) is 19.6 Å². The van der Waals surface area contributed by atoms with Gasteiger partial charge in [0.05, 0.1) is 18.1 Å². The van der Waals surface area contributed by atoms with Crippen molar-refractivity contribution in [2.45, 2.75) is 43.7 Å². The molecular weight excluding hydrogens is 382 g/mol. The number of aliphatic carboxylic acids is 1. The molecule has 0 spiro atoms. The van der Waals surface area contributed by atoms with Gasteiger partial charge in [0.15, 0.2) is 0 Å². The van der Waals surface area contributed by atoms with E-state index in [2.05, 4.69) is 5.32 Å². The summed E-state index contributed by atoms with van der Waals surface area (Å²) in [4.78, 5) is 39.8. The summed E-state index contributed by atoms with van der Waals surface area (Å²) < 4.78 is 0. The molecule has 0 aliphatic carbocycles. The normalized spacial score (nSPS) is 35.4. The topological polar surface area (TPSA) is 110 Å². The van der Waals surface area contributed by atoms with Crippen LogP contribution < -0.4 is 5.32 Å². The molecule has 0 aromatic carbocycles. The average Bonchev–Trinajstić information content (AvgIpc) is 3.33. The van der Waals surface area contributed by atoms with E-state index < -0.39 is 18.0 Å². The van der Waals surface area contributed by atoms with Crippen molar-refractivity contribution in [1.82, 2.24) is 15.1 Å². The van der Waals surface area contributed by atoms with Gasteiger partial charge in [0, 0.05) is 47.8 Å². The maximum atomic E-state index is 12.4. The van der Waals surface area contributed by atoms with Crippen LogP contribution in [-0.4, -0.2) is 80.9 Å². The number of aliphatic hydroxyl groups is 1. The summed E-state index contributed by atoms with van der Waals surface area (Å²) >= 11 is 1.51. The molecule has 3 fully saturated rings. The van der Waals surface area contributed by atoms with Crippen molar-refractivity contribution in [2.24, 2.45) is 11.8 Å². The van der Waals surface area contributed by atoms with E-state index in [-0.39, 0.29) is 40.8 Å². The second-order valence-electron chi connectivity index (χ2n) is 7.95. The molecule has 0 aromatic heterocycles. The number of amides is 2. The van der Waals surface area contributed by atoms with Crippen molar-refractivity contribution in [1.29, 1.82) is 0 Å². The van der Waals surface area contributed by atoms with E-state index in [4.69, 9.17) is 0 Å². The van der Waals surface area contributed by atoms with E-state index in [0.29, 0.717) is 11.4 Å². The lowest BCUT2D eigenvalue weighted by molar-refractivity contribution is -0.163. The smallest absolute Gasteiger partial charge is 0.353 e. The molecule has 0 saturated carbocycles. The van der Waals surface area contributed by atoms with E-state index in [9.17, 15) is 24.6 Å². The number of fused-ring (bicyclic) bond motifs is 1. The largest absolute Gasteiger partial charge is 0.477 e. The van der Waals surface area contributed by atoms with Crippen molar-refractivity contribution < 1.29 is 24.6 Å². The third-order valence-corrected chi connectivity index (χ3v) is 7.47. The summed E-state index contributed by atoms with van der Waals surface area (Å²) in [6, 6.07) is -0.202. The third-order valence-electron chi connectivity index (χ3n) is 5.96. The van der Waals surface area contributed by atoms with Crippen molar-refractivity contribution in [3.63, 3.8) is 0 Å². The summed E-state index contributed by atoms with van der Waals surface area (Å²) in [7, 11) is 0. The fourth-order valence-electron chi connectivity index (χ4n) is 4.40. The Morgan fingerprint density at radius 3 is 2.68 bits per heavy atom. The Labute approximate surface area is 167 Å². The quantitative estimate of drug-likeness (QED) is 0.323. The Balaban J connectivity index is 1.44. The molecule has 4 aliphatic heterocycles. The number of carboxylic acids is 1. The van der Waals surface area contributed by atoms with Crippen molar-refractivity contribution in [3.05, 3.63) is 22.8 Å². The van der Waals surface area contributed by atoms with E-state index in [1.165, 1.54) is 16.7 Å². The summed E-state index contributed by atoms with van der Waals surface area (Å²) in [6.45, 7) is 5.87. The van der Waals surface area contributed by atoms with Crippen LogP contribution in [0.1, 0.15) is 20.3 Å². The number of nitrogens with zero attached hydrogens (tertiary/aromatic N) is 2. The van der Waals surface area contributed by atoms with Gasteiger partial charge < -0.3 is 25.3 Å². The SMILES string of the molecule is C[C@@H](O)[C@H]1C(=O)N2C(C(=O)O)=C(S[C@@H]3CN[C@H](/C=C/C(=O)N4CC4)C3)[C@H](C)[C@H]12. The first-order valence-electron chi connectivity index (χ1n) is 9.65. The third kappa shape index (κ3) is 3.25. The predicted octanol–water partition coefficient (Wildman–Crippen LogP) is 0.00220. The lowest BCUT2D eigenvalue weighted by Gasteiger charge is -2.46. The van der Waals surface area contributed by atoms with Gasteiger partial charge in [0.1, 0.15) is 5.70 Å². The highest BCUT2D eigenvalue weighted by Crippen LogP contribution is 2.51. The fraction of sp³-hybridized carbons (Fsp3) is 0.632. The fourth-order valence-corrected chi connectivity index (χ4v) is 5.90. The lowest BCUT2D eigenvalue weighted by Crippen LogP contribution is -2.63. The van der Waals surface area contributed by atoms with Gasteiger partial charge in [0.2, 0.25) is 11.8 Å². The van der Waals surface area contributed by atoms with Gasteiger partial charge in [-0.1, -0.05) is 13.0 Å². The van der Waals surface area contributed by atoms with Crippen LogP contribution >= 0.6 is 11.8 Å². The highest BCUT2D eigenvalue weighted by Gasteiger charge is 2.60. The van der Waals surface area contributed by atoms with Crippen LogP contribution in [0.5, 0.6) is 0 Å². The molecule has 4 heterocycles. The molecule has 0 radical (unpaired) electrons. The standard InChI is InChI=1S/C19H25N3O5S/c1-9-15-14(10(2)23)18(25)22(15)16(19(26)27)17(9)28-12-7-11(20-8-12)3-4-13(24)21-5-6-21/h3-4,9-12,14-15,20,23H,5-8H2,1-2H3,(H,26,27)/b4-3+/t9-,10-,11-,12+,14-,15-/m1/s1. The Morgan fingerprint density at radius 2 is 2.07 bits per heavy atom. The summed E-state index contributed by atoms with van der Waals surface area (Å²) in [5.74, 6) is -2.03. The molecule has 6 atom stereocenters. The van der Waals surface area contributed by atoms with Crippen molar-refractivity contribution >= 4 is 29.5 Å². The Bertz CT molecular complexity index is 776. The second kappa shape index (κ2) is 7.20. The minimum atomic E-state index is -1.10. The van der Waals surface area contributed by atoms with Crippen molar-refractivity contribution in [3.8, 4) is 0 Å². The number of nitrogens with one attached hydrogen (secondary N) is 1. The van der Waals surface area contributed by atoms with Crippen LogP contribution in [0, 0.1) is 11.8 Å². The molecule has 3 saturated heterocycles. The first kappa shape index (κ1) is 19.5. The second-order valence-corrected chi connectivity index (χ2v) is 9.29. The first-order chi connectivity index (χ1) is 13.3. The van der Waals surface area contributed by atoms with Gasteiger partial charge in [-0.15, -0.1) is 11.8 Å². The van der Waals surface area contributed by atoms with Gasteiger partial charge >= 0.3 is 5.97 Å². The predicted molar refractivity (Wildman–Crippen MR) is 103 cm³/mol. The zero-order chi connectivity index (χ0) is 20.2. The van der Waals surface area contributed by atoms with Crippen LogP contribution in [-0.2, 0) is 14.4 Å². The van der Waals surface area contributed by atoms with E-state index in [1.807, 2.05) is 13.0 Å². The number of aliphatic hydroxyl groups excluding tert-OH is 1. The number of rotatable bonds is 6. The number of thioether (sulfide) groups is 1. The molecule has 3 N–H and O–H groups in total. The molecule has 4 aliphatic rings. The van der Waals surface area contributed by atoms with Gasteiger partial charge in [-0.3, -0.25) is 9.59 Å². The minimum absolute atomic E-state index is 0.0326. The minimum Gasteiger partial charge on any atom is -0.477 e. The van der Waals surface area contributed by atoms with E-state index in [1.54, 1.807) is 17.9 Å². The van der Waals surface area contributed by atoms with Crippen LogP contribution in [0.3, 0.4) is 0 Å². The zero-order valence-corrected chi connectivity index (χ0v) is 16.7. The van der Waals surface area contributed by atoms with Crippen LogP contribution in [0.4, 0.5) is 0 Å². The molecule has 8 nitrogen and oxygen atoms in total. The molecule has 2 amide bonds. The Morgan fingerprint density at radius 1 is 1.36 bits per heavy atom. The summed E-state index contributed by atoms with van der Waals surface area (Å²) in [6.07, 6.45) is 3.48. The molecule has 0 bridgehead atoms. The average molecular weight is 407 g/mol. The maximum absolute atomic E-state index is 12.4. The Kier molecular flexibility index (Phi) is 5.01. The van der Waals surface area contributed by atoms with Crippen LogP contribution in [0.2, 0.25) is 0 Å². The van der Waals surface area contributed by atoms with Crippen LogP contribution in [0.25, 0.3) is 0 Å². The highest BCUT2D eigenvalue weighted by molar-refractivity contribution is 8.03. The number of β-lactam (4-membered cyclic amide) rings is 1. The summed E-state index contributed by atoms with van der Waals surface area (Å²) in [5, 5.41) is 23.1. The number of carbonyl (C=O) groups excluding carboxylic acids is 2. The Hall–Kier alpha value is -1.84. The monoisotopic (exact) mass is 407 g/mol. The van der Waals surface area contributed by atoms with Gasteiger partial charge in [-0.05, 0) is 13.3 Å². The van der Waals surface area contributed by atoms with Gasteiger partial charge in [0.25, 0.3) is 0 Å². The molecule has 0 aromatic rings. The molecule has 4 rings (SSSR count). The van der Waals surface area contributed by atoms with Gasteiger partial charge in [-0.25, -0.2) is 4.79 Å². The van der Waals surface area contributed by atoms with E-state index in [0.717, 1.165) is 19.5 Å². The highest BCUT2D eigenvalue weighted by atomic mass is 32.2. The van der Waals surface area contributed by atoms with E-state index >= 15 is 0 Å². The number of carboxylic acid groups (broad SMARTS) is 1. The number of carbonyl (C=O) groups is 3. The molecule has 0 unspecified atom stereocenters. The van der Waals surface area contributed by atoms with Crippen LogP contribution in [0.15, 0.2) is 22.8 Å². The zero-order valence-electron chi connectivity index (χ0n) is 15.9. The molecule has 152 valence electrons. The van der Waals surface area contributed by atoms with Gasteiger partial charge in [-0.2, -0.15) is 0 Å². The molecule has 28 heavy (non-hydrogen) atoms. The number of hydrogen-bond donors (Lipinski definition) is 3.